The van der Waals surface area contributed by atoms with Crippen molar-refractivity contribution in [2.45, 2.75) is 19.3 Å². The Morgan fingerprint density at radius 2 is 2.06 bits per heavy atom. The van der Waals surface area contributed by atoms with Gasteiger partial charge < -0.3 is 4.90 Å². The molecule has 3 heteroatoms. The van der Waals surface area contributed by atoms with Crippen LogP contribution in [0.15, 0.2) is 30.3 Å². The van der Waals surface area contributed by atoms with Crippen molar-refractivity contribution in [2.75, 3.05) is 13.6 Å². The molecule has 84 valence electrons. The Labute approximate surface area is 96.3 Å². The normalized spacial score (nSPS) is 11.6. The molecule has 0 spiro atoms. The molecule has 1 aromatic carbocycles. The van der Waals surface area contributed by atoms with Crippen LogP contribution in [0.4, 0.5) is 0 Å². The largest absolute Gasteiger partial charge is 0.344 e. The highest BCUT2D eigenvalue weighted by Crippen LogP contribution is 2.16. The Morgan fingerprint density at radius 1 is 1.44 bits per heavy atom. The zero-order valence-electron chi connectivity index (χ0n) is 9.68. The van der Waals surface area contributed by atoms with Crippen LogP contribution >= 0.6 is 0 Å². The molecule has 3 nitrogen and oxygen atoms in total. The van der Waals surface area contributed by atoms with E-state index in [0.29, 0.717) is 13.0 Å². The third-order valence-corrected chi connectivity index (χ3v) is 2.61. The average molecular weight is 216 g/mol. The second kappa shape index (κ2) is 5.92. The van der Waals surface area contributed by atoms with E-state index in [2.05, 4.69) is 0 Å². The van der Waals surface area contributed by atoms with Gasteiger partial charge in [0.1, 0.15) is 0 Å². The van der Waals surface area contributed by atoms with E-state index < -0.39 is 0 Å². The van der Waals surface area contributed by atoms with Crippen molar-refractivity contribution in [3.8, 4) is 6.07 Å². The summed E-state index contributed by atoms with van der Waals surface area (Å²) in [5, 5.41) is 8.46. The van der Waals surface area contributed by atoms with Crippen LogP contribution in [0.25, 0.3) is 0 Å². The van der Waals surface area contributed by atoms with Gasteiger partial charge in [-0.1, -0.05) is 30.3 Å². The lowest BCUT2D eigenvalue weighted by atomic mass is 10.00. The molecule has 1 amide bonds. The minimum Gasteiger partial charge on any atom is -0.344 e. The van der Waals surface area contributed by atoms with Gasteiger partial charge >= 0.3 is 0 Å². The summed E-state index contributed by atoms with van der Waals surface area (Å²) in [5.41, 5.74) is 1.01. The van der Waals surface area contributed by atoms with Gasteiger partial charge in [0.2, 0.25) is 5.91 Å². The predicted molar refractivity (Wildman–Crippen MR) is 62.7 cm³/mol. The van der Waals surface area contributed by atoms with Crippen molar-refractivity contribution < 1.29 is 4.79 Å². The lowest BCUT2D eigenvalue weighted by Gasteiger charge is -2.20. The van der Waals surface area contributed by atoms with Crippen LogP contribution in [-0.4, -0.2) is 24.4 Å². The van der Waals surface area contributed by atoms with Crippen LogP contribution < -0.4 is 0 Å². The Bertz CT molecular complexity index is 381. The standard InChI is InChI=1S/C13H16N2O/c1-11(12-7-4-3-5-8-12)13(16)15(2)10-6-9-14/h3-5,7-8,11H,6,10H2,1-2H3. The molecular weight excluding hydrogens is 200 g/mol. The van der Waals surface area contributed by atoms with Crippen molar-refractivity contribution in [3.05, 3.63) is 35.9 Å². The molecule has 1 atom stereocenters. The van der Waals surface area contributed by atoms with Crippen molar-refractivity contribution in [1.82, 2.24) is 4.90 Å². The van der Waals surface area contributed by atoms with E-state index in [1.54, 1.807) is 11.9 Å². The maximum Gasteiger partial charge on any atom is 0.229 e. The number of hydrogen-bond acceptors (Lipinski definition) is 2. The summed E-state index contributed by atoms with van der Waals surface area (Å²) in [6.07, 6.45) is 0.379. The first kappa shape index (κ1) is 12.3. The highest BCUT2D eigenvalue weighted by Gasteiger charge is 2.18. The van der Waals surface area contributed by atoms with Gasteiger partial charge in [-0.25, -0.2) is 0 Å². The maximum absolute atomic E-state index is 12.0. The van der Waals surface area contributed by atoms with Crippen LogP contribution in [0.1, 0.15) is 24.8 Å². The molecule has 1 unspecified atom stereocenters. The van der Waals surface area contributed by atoms with Crippen molar-refractivity contribution >= 4 is 5.91 Å². The highest BCUT2D eigenvalue weighted by atomic mass is 16.2. The van der Waals surface area contributed by atoms with Gasteiger partial charge in [-0.3, -0.25) is 4.79 Å². The van der Waals surface area contributed by atoms with E-state index in [1.165, 1.54) is 0 Å². The van der Waals surface area contributed by atoms with Gasteiger partial charge in [-0.05, 0) is 12.5 Å². The molecule has 0 aliphatic rings. The van der Waals surface area contributed by atoms with Gasteiger partial charge in [0.25, 0.3) is 0 Å². The Balaban J connectivity index is 2.64. The van der Waals surface area contributed by atoms with Gasteiger partial charge in [0, 0.05) is 13.6 Å². The summed E-state index contributed by atoms with van der Waals surface area (Å²) >= 11 is 0. The van der Waals surface area contributed by atoms with Crippen LogP contribution in [0, 0.1) is 11.3 Å². The molecule has 0 saturated heterocycles. The molecule has 0 heterocycles. The Kier molecular flexibility index (Phi) is 4.53. The first-order chi connectivity index (χ1) is 7.66. The number of rotatable bonds is 4. The van der Waals surface area contributed by atoms with E-state index in [-0.39, 0.29) is 11.8 Å². The molecule has 0 aliphatic heterocycles. The molecule has 1 aromatic rings. The molecule has 0 aliphatic carbocycles. The van der Waals surface area contributed by atoms with Gasteiger partial charge in [-0.15, -0.1) is 0 Å². The van der Waals surface area contributed by atoms with E-state index in [4.69, 9.17) is 5.26 Å². The van der Waals surface area contributed by atoms with Crippen molar-refractivity contribution in [3.63, 3.8) is 0 Å². The Hall–Kier alpha value is -1.82. The summed E-state index contributed by atoms with van der Waals surface area (Å²) in [6.45, 7) is 2.38. The molecular formula is C13H16N2O. The summed E-state index contributed by atoms with van der Waals surface area (Å²) < 4.78 is 0. The SMILES string of the molecule is CC(C(=O)N(C)CCC#N)c1ccccc1. The lowest BCUT2D eigenvalue weighted by Crippen LogP contribution is -2.31. The number of carbonyl (C=O) groups excluding carboxylic acids is 1. The fourth-order valence-corrected chi connectivity index (χ4v) is 1.54. The topological polar surface area (TPSA) is 44.1 Å². The second-order valence-corrected chi connectivity index (χ2v) is 3.80. The molecule has 0 fully saturated rings. The van der Waals surface area contributed by atoms with Gasteiger partial charge in [0.15, 0.2) is 0 Å². The summed E-state index contributed by atoms with van der Waals surface area (Å²) in [4.78, 5) is 13.6. The van der Waals surface area contributed by atoms with Gasteiger partial charge in [-0.2, -0.15) is 5.26 Å². The third kappa shape index (κ3) is 3.09. The monoisotopic (exact) mass is 216 g/mol. The molecule has 0 aromatic heterocycles. The summed E-state index contributed by atoms with van der Waals surface area (Å²) in [5.74, 6) is -0.0913. The zero-order valence-corrected chi connectivity index (χ0v) is 9.68. The summed E-state index contributed by atoms with van der Waals surface area (Å²) in [7, 11) is 1.74. The minimum atomic E-state index is -0.148. The van der Waals surface area contributed by atoms with Crippen LogP contribution in [0.3, 0.4) is 0 Å². The number of nitrogens with zero attached hydrogens (tertiary/aromatic N) is 2. The molecule has 1 rings (SSSR count). The lowest BCUT2D eigenvalue weighted by molar-refractivity contribution is -0.131. The molecule has 16 heavy (non-hydrogen) atoms. The first-order valence-electron chi connectivity index (χ1n) is 5.33. The van der Waals surface area contributed by atoms with Crippen molar-refractivity contribution in [1.29, 1.82) is 5.26 Å². The van der Waals surface area contributed by atoms with Crippen LogP contribution in [-0.2, 0) is 4.79 Å². The van der Waals surface area contributed by atoms with Crippen LogP contribution in [0.2, 0.25) is 0 Å². The molecule has 0 N–H and O–H groups in total. The number of carbonyl (C=O) groups is 1. The maximum atomic E-state index is 12.0. The zero-order chi connectivity index (χ0) is 12.0. The van der Waals surface area contributed by atoms with Gasteiger partial charge in [0.05, 0.1) is 18.4 Å². The predicted octanol–water partition coefficient (Wildman–Crippen LogP) is 2.16. The number of nitriles is 1. The Morgan fingerprint density at radius 3 is 2.62 bits per heavy atom. The molecule has 0 saturated carbocycles. The second-order valence-electron chi connectivity index (χ2n) is 3.80. The van der Waals surface area contributed by atoms with E-state index in [9.17, 15) is 4.79 Å². The average Bonchev–Trinajstić information content (AvgIpc) is 2.35. The number of amides is 1. The van der Waals surface area contributed by atoms with Crippen LogP contribution in [0.5, 0.6) is 0 Å². The third-order valence-electron chi connectivity index (χ3n) is 2.61. The van der Waals surface area contributed by atoms with Crippen molar-refractivity contribution in [2.24, 2.45) is 0 Å². The number of benzene rings is 1. The minimum absolute atomic E-state index is 0.0569. The molecule has 0 bridgehead atoms. The highest BCUT2D eigenvalue weighted by molar-refractivity contribution is 5.83. The van der Waals surface area contributed by atoms with E-state index in [0.717, 1.165) is 5.56 Å². The number of likely N-dealkylation sites (N-methyl/N-ethyl adjacent to an activating group) is 1. The summed E-state index contributed by atoms with van der Waals surface area (Å²) in [6, 6.07) is 11.7. The first-order valence-corrected chi connectivity index (χ1v) is 5.33. The number of hydrogen-bond donors (Lipinski definition) is 0. The fraction of sp³-hybridized carbons (Fsp3) is 0.385. The smallest absolute Gasteiger partial charge is 0.229 e. The van der Waals surface area contributed by atoms with E-state index >= 15 is 0 Å². The quantitative estimate of drug-likeness (QED) is 0.774. The molecule has 0 radical (unpaired) electrons. The fourth-order valence-electron chi connectivity index (χ4n) is 1.54. The van der Waals surface area contributed by atoms with E-state index in [1.807, 2.05) is 43.3 Å².